The highest BCUT2D eigenvalue weighted by Gasteiger charge is 2.34. The van der Waals surface area contributed by atoms with E-state index in [2.05, 4.69) is 20.5 Å². The largest absolute Gasteiger partial charge is 0.344 e. The molecule has 0 fully saturated rings. The summed E-state index contributed by atoms with van der Waals surface area (Å²) in [5, 5.41) is 10.5. The smallest absolute Gasteiger partial charge is 0.290 e. The van der Waals surface area contributed by atoms with E-state index in [-0.39, 0.29) is 22.1 Å². The molecule has 8 heteroatoms. The van der Waals surface area contributed by atoms with Crippen LogP contribution >= 0.6 is 11.8 Å². The van der Waals surface area contributed by atoms with Gasteiger partial charge in [-0.3, -0.25) is 4.79 Å². The summed E-state index contributed by atoms with van der Waals surface area (Å²) < 4.78 is 29.5. The Labute approximate surface area is 178 Å². The number of aromatic nitrogens is 3. The number of halogens is 2. The van der Waals surface area contributed by atoms with Crippen LogP contribution < -0.4 is 5.32 Å². The molecule has 0 unspecified atom stereocenters. The molecular formula is C22H22F2N4OS. The van der Waals surface area contributed by atoms with Crippen molar-refractivity contribution in [3.63, 3.8) is 0 Å². The monoisotopic (exact) mass is 428 g/mol. The van der Waals surface area contributed by atoms with Gasteiger partial charge < -0.3 is 5.32 Å². The van der Waals surface area contributed by atoms with Crippen LogP contribution in [0.2, 0.25) is 0 Å². The van der Waals surface area contributed by atoms with Gasteiger partial charge in [-0.15, -0.1) is 10.2 Å². The minimum Gasteiger partial charge on any atom is -0.344 e. The molecule has 3 rings (SSSR count). The number of aryl methyl sites for hydroxylation is 4. The molecule has 0 aliphatic heterocycles. The van der Waals surface area contributed by atoms with Crippen molar-refractivity contribution in [1.82, 2.24) is 20.5 Å². The van der Waals surface area contributed by atoms with Crippen LogP contribution in [0.25, 0.3) is 0 Å². The molecule has 3 aromatic rings. The molecule has 2 aromatic carbocycles. The minimum absolute atomic E-state index is 0.0227. The minimum atomic E-state index is -3.22. The molecule has 1 amide bonds. The second-order valence-corrected chi connectivity index (χ2v) is 8.20. The number of amides is 1. The molecule has 0 aliphatic rings. The first kappa shape index (κ1) is 21.8. The van der Waals surface area contributed by atoms with E-state index in [1.54, 1.807) is 26.0 Å². The van der Waals surface area contributed by atoms with E-state index in [4.69, 9.17) is 0 Å². The number of benzene rings is 2. The number of rotatable bonds is 6. The number of nitrogens with one attached hydrogen (secondary N) is 1. The number of hydrogen-bond donors (Lipinski definition) is 1. The van der Waals surface area contributed by atoms with Gasteiger partial charge in [-0.25, -0.2) is 4.98 Å². The Kier molecular flexibility index (Phi) is 6.45. The zero-order valence-corrected chi connectivity index (χ0v) is 18.0. The third kappa shape index (κ3) is 5.18. The van der Waals surface area contributed by atoms with Gasteiger partial charge in [0.1, 0.15) is 5.82 Å². The van der Waals surface area contributed by atoms with E-state index < -0.39 is 18.4 Å². The van der Waals surface area contributed by atoms with Crippen LogP contribution in [-0.4, -0.2) is 27.6 Å². The first-order chi connectivity index (χ1) is 14.2. The van der Waals surface area contributed by atoms with Gasteiger partial charge in [0, 0.05) is 10.5 Å². The highest BCUT2D eigenvalue weighted by Crippen LogP contribution is 2.31. The summed E-state index contributed by atoms with van der Waals surface area (Å²) in [6.07, 6.45) is 0. The third-order valence-corrected chi connectivity index (χ3v) is 5.39. The van der Waals surface area contributed by atoms with Gasteiger partial charge in [0.25, 0.3) is 11.8 Å². The topological polar surface area (TPSA) is 67.8 Å². The maximum atomic E-state index is 14.7. The predicted octanol–water partition coefficient (Wildman–Crippen LogP) is 4.78. The van der Waals surface area contributed by atoms with Gasteiger partial charge in [-0.1, -0.05) is 53.2 Å². The van der Waals surface area contributed by atoms with Gasteiger partial charge in [0.15, 0.2) is 10.7 Å². The fourth-order valence-electron chi connectivity index (χ4n) is 3.00. The Balaban J connectivity index is 1.80. The van der Waals surface area contributed by atoms with Crippen molar-refractivity contribution in [1.29, 1.82) is 0 Å². The Morgan fingerprint density at radius 3 is 2.47 bits per heavy atom. The molecule has 1 N–H and O–H groups in total. The van der Waals surface area contributed by atoms with E-state index >= 15 is 0 Å². The molecule has 30 heavy (non-hydrogen) atoms. The van der Waals surface area contributed by atoms with Crippen molar-refractivity contribution in [2.75, 3.05) is 6.54 Å². The van der Waals surface area contributed by atoms with Crippen LogP contribution in [0.3, 0.4) is 0 Å². The third-order valence-electron chi connectivity index (χ3n) is 4.43. The van der Waals surface area contributed by atoms with E-state index in [9.17, 15) is 13.6 Å². The summed E-state index contributed by atoms with van der Waals surface area (Å²) in [5.41, 5.74) is 2.29. The van der Waals surface area contributed by atoms with Gasteiger partial charge >= 0.3 is 0 Å². The first-order valence-electron chi connectivity index (χ1n) is 9.35. The molecule has 0 radical (unpaired) electrons. The molecule has 0 saturated carbocycles. The SMILES string of the molecule is Cc1cccc(Sc2nnc(C)nc2C(=O)NCC(F)(F)c2ccc(C)cc2C)c1. The van der Waals surface area contributed by atoms with E-state index in [1.807, 2.05) is 38.1 Å². The van der Waals surface area contributed by atoms with Crippen LogP contribution in [0.4, 0.5) is 8.78 Å². The van der Waals surface area contributed by atoms with Crippen molar-refractivity contribution in [2.45, 2.75) is 43.5 Å². The Bertz CT molecular complexity index is 1090. The normalized spacial score (nSPS) is 11.4. The van der Waals surface area contributed by atoms with Crippen molar-refractivity contribution < 1.29 is 13.6 Å². The molecule has 0 saturated heterocycles. The Morgan fingerprint density at radius 2 is 1.77 bits per heavy atom. The maximum absolute atomic E-state index is 14.7. The maximum Gasteiger partial charge on any atom is 0.290 e. The van der Waals surface area contributed by atoms with Gasteiger partial charge in [0.2, 0.25) is 0 Å². The second-order valence-electron chi connectivity index (χ2n) is 7.14. The average molecular weight is 429 g/mol. The molecule has 156 valence electrons. The number of carbonyl (C=O) groups excluding carboxylic acids is 1. The highest BCUT2D eigenvalue weighted by molar-refractivity contribution is 7.99. The number of nitrogens with zero attached hydrogens (tertiary/aromatic N) is 3. The number of alkyl halides is 2. The van der Waals surface area contributed by atoms with Crippen LogP contribution in [0.15, 0.2) is 52.4 Å². The lowest BCUT2D eigenvalue weighted by Crippen LogP contribution is -2.36. The molecule has 0 atom stereocenters. The van der Waals surface area contributed by atoms with Crippen molar-refractivity contribution in [3.8, 4) is 0 Å². The van der Waals surface area contributed by atoms with Crippen LogP contribution in [0.5, 0.6) is 0 Å². The fraction of sp³-hybridized carbons (Fsp3) is 0.273. The molecule has 0 aliphatic carbocycles. The zero-order valence-electron chi connectivity index (χ0n) is 17.2. The highest BCUT2D eigenvalue weighted by atomic mass is 32.2. The standard InChI is InChI=1S/C22H22F2N4OS/c1-13-6-5-7-17(11-13)30-21-19(26-16(4)27-28-21)20(29)25-12-22(23,24)18-9-8-14(2)10-15(18)3/h5-11H,12H2,1-4H3,(H,25,29). The lowest BCUT2D eigenvalue weighted by molar-refractivity contribution is -0.00316. The summed E-state index contributed by atoms with van der Waals surface area (Å²) in [4.78, 5) is 17.7. The summed E-state index contributed by atoms with van der Waals surface area (Å²) in [6.45, 7) is 6.18. The molecule has 0 bridgehead atoms. The summed E-state index contributed by atoms with van der Waals surface area (Å²) in [6, 6.07) is 12.4. The van der Waals surface area contributed by atoms with E-state index in [1.165, 1.54) is 17.8 Å². The summed E-state index contributed by atoms with van der Waals surface area (Å²) >= 11 is 1.21. The number of hydrogen-bond acceptors (Lipinski definition) is 5. The van der Waals surface area contributed by atoms with Crippen LogP contribution in [0, 0.1) is 27.7 Å². The number of carbonyl (C=O) groups is 1. The van der Waals surface area contributed by atoms with Gasteiger partial charge in [-0.2, -0.15) is 8.78 Å². The fourth-order valence-corrected chi connectivity index (χ4v) is 3.93. The van der Waals surface area contributed by atoms with E-state index in [0.717, 1.165) is 16.0 Å². The van der Waals surface area contributed by atoms with Crippen LogP contribution in [-0.2, 0) is 5.92 Å². The van der Waals surface area contributed by atoms with Crippen molar-refractivity contribution in [3.05, 3.63) is 76.2 Å². The van der Waals surface area contributed by atoms with Crippen molar-refractivity contribution in [2.24, 2.45) is 0 Å². The van der Waals surface area contributed by atoms with Crippen LogP contribution in [0.1, 0.15) is 38.6 Å². The average Bonchev–Trinajstić information content (AvgIpc) is 2.67. The molecular weight excluding hydrogens is 406 g/mol. The molecule has 1 heterocycles. The zero-order chi connectivity index (χ0) is 21.9. The van der Waals surface area contributed by atoms with Gasteiger partial charge in [0.05, 0.1) is 6.54 Å². The first-order valence-corrected chi connectivity index (χ1v) is 10.2. The molecule has 0 spiro atoms. The summed E-state index contributed by atoms with van der Waals surface area (Å²) in [7, 11) is 0. The molecule has 1 aromatic heterocycles. The van der Waals surface area contributed by atoms with Crippen molar-refractivity contribution >= 4 is 17.7 Å². The lowest BCUT2D eigenvalue weighted by Gasteiger charge is -2.20. The Hall–Kier alpha value is -2.87. The lowest BCUT2D eigenvalue weighted by atomic mass is 10.0. The van der Waals surface area contributed by atoms with E-state index in [0.29, 0.717) is 5.56 Å². The van der Waals surface area contributed by atoms with Gasteiger partial charge in [-0.05, 0) is 45.4 Å². The Morgan fingerprint density at radius 1 is 1.03 bits per heavy atom. The predicted molar refractivity (Wildman–Crippen MR) is 112 cm³/mol. The second kappa shape index (κ2) is 8.87. The quantitative estimate of drug-likeness (QED) is 0.612. The molecule has 5 nitrogen and oxygen atoms in total. The summed E-state index contributed by atoms with van der Waals surface area (Å²) in [5.74, 6) is -3.64.